The van der Waals surface area contributed by atoms with Gasteiger partial charge in [-0.05, 0) is 6.92 Å². The average Bonchev–Trinajstić information content (AvgIpc) is 1.69. The molecular formula is C6H10NRe-. The molecule has 0 aromatic carbocycles. The monoisotopic (exact) mass is 283 g/mol. The van der Waals surface area contributed by atoms with Gasteiger partial charge in [-0.2, -0.15) is 0 Å². The Balaban J connectivity index is 0.000000490. The first-order chi connectivity index (χ1) is 3.39. The summed E-state index contributed by atoms with van der Waals surface area (Å²) in [6, 6.07) is 0. The zero-order valence-corrected chi connectivity index (χ0v) is 7.74. The normalized spacial score (nSPS) is 18.9. The van der Waals surface area contributed by atoms with Gasteiger partial charge in [0.05, 0.1) is 0 Å². The van der Waals surface area contributed by atoms with Gasteiger partial charge in [-0.1, -0.05) is 12.0 Å². The van der Waals surface area contributed by atoms with Gasteiger partial charge in [0, 0.05) is 20.4 Å². The summed E-state index contributed by atoms with van der Waals surface area (Å²) in [5, 5.41) is 4.15. The molecule has 0 spiro atoms. The molecule has 47 valence electrons. The number of nitrogens with zero attached hydrogens (tertiary/aromatic N) is 1. The van der Waals surface area contributed by atoms with E-state index < -0.39 is 0 Å². The van der Waals surface area contributed by atoms with Crippen molar-refractivity contribution >= 4 is 0 Å². The Morgan fingerprint density at radius 2 is 2.38 bits per heavy atom. The van der Waals surface area contributed by atoms with Gasteiger partial charge < -0.3 is 5.32 Å². The van der Waals surface area contributed by atoms with Crippen molar-refractivity contribution in [3.05, 3.63) is 17.0 Å². The van der Waals surface area contributed by atoms with Crippen molar-refractivity contribution < 1.29 is 20.4 Å². The molecule has 0 atom stereocenters. The maximum absolute atomic E-state index is 4.15. The van der Waals surface area contributed by atoms with Crippen molar-refractivity contribution in [3.8, 4) is 0 Å². The van der Waals surface area contributed by atoms with Crippen molar-refractivity contribution in [1.29, 1.82) is 0 Å². The maximum Gasteiger partial charge on any atom is 0 e. The molecule has 0 amide bonds. The molecule has 0 fully saturated rings. The summed E-state index contributed by atoms with van der Waals surface area (Å²) in [6.07, 6.45) is 3.36. The largest absolute Gasteiger partial charge is 0.659 e. The molecule has 2 heteroatoms. The van der Waals surface area contributed by atoms with E-state index >= 15 is 0 Å². The van der Waals surface area contributed by atoms with Crippen LogP contribution in [0, 0.1) is 0 Å². The Labute approximate surface area is 64.2 Å². The van der Waals surface area contributed by atoms with Crippen LogP contribution >= 0.6 is 0 Å². The minimum atomic E-state index is 0. The van der Waals surface area contributed by atoms with E-state index in [1.807, 2.05) is 0 Å². The smallest absolute Gasteiger partial charge is 0 e. The van der Waals surface area contributed by atoms with E-state index in [0.29, 0.717) is 0 Å². The molecule has 0 saturated carbocycles. The third-order valence-electron chi connectivity index (χ3n) is 1.23. The molecule has 8 heavy (non-hydrogen) atoms. The molecule has 1 nitrogen and oxygen atoms in total. The SMILES string of the molecule is CC1=CC[N-]CC1.[Re]. The van der Waals surface area contributed by atoms with Gasteiger partial charge in [-0.3, -0.25) is 0 Å². The summed E-state index contributed by atoms with van der Waals surface area (Å²) in [4.78, 5) is 0. The molecule has 0 N–H and O–H groups in total. The molecule has 1 aliphatic rings. The molecule has 0 aromatic rings. The zero-order chi connectivity index (χ0) is 5.11. The predicted molar refractivity (Wildman–Crippen MR) is 31.5 cm³/mol. The van der Waals surface area contributed by atoms with Crippen LogP contribution in [0.3, 0.4) is 0 Å². The van der Waals surface area contributed by atoms with E-state index in [0.717, 1.165) is 13.1 Å². The summed E-state index contributed by atoms with van der Waals surface area (Å²) >= 11 is 0. The standard InChI is InChI=1S/C6H10N.Re/c1-6-2-4-7-5-3-6;/h2H,3-5H2,1H3;/q-1;. The van der Waals surface area contributed by atoms with Crippen LogP contribution < -0.4 is 0 Å². The summed E-state index contributed by atoms with van der Waals surface area (Å²) in [7, 11) is 0. The Kier molecular flexibility index (Phi) is 4.45. The van der Waals surface area contributed by atoms with Crippen molar-refractivity contribution in [1.82, 2.24) is 0 Å². The number of hydrogen-bond acceptors (Lipinski definition) is 0. The Morgan fingerprint density at radius 3 is 2.62 bits per heavy atom. The van der Waals surface area contributed by atoms with Crippen molar-refractivity contribution in [2.75, 3.05) is 13.1 Å². The first-order valence-electron chi connectivity index (χ1n) is 2.68. The first-order valence-corrected chi connectivity index (χ1v) is 2.68. The number of hydrogen-bond donors (Lipinski definition) is 0. The van der Waals surface area contributed by atoms with E-state index in [1.165, 1.54) is 12.0 Å². The van der Waals surface area contributed by atoms with Crippen LogP contribution in [0.1, 0.15) is 13.3 Å². The molecule has 0 aliphatic carbocycles. The first kappa shape index (κ1) is 8.36. The summed E-state index contributed by atoms with van der Waals surface area (Å²) in [5.41, 5.74) is 1.50. The molecular weight excluding hydrogens is 272 g/mol. The minimum Gasteiger partial charge on any atom is -0.659 e. The Morgan fingerprint density at radius 1 is 1.62 bits per heavy atom. The molecule has 1 aliphatic heterocycles. The second-order valence-electron chi connectivity index (χ2n) is 1.93. The summed E-state index contributed by atoms with van der Waals surface area (Å²) < 4.78 is 0. The van der Waals surface area contributed by atoms with Gasteiger partial charge in [-0.25, -0.2) is 0 Å². The second kappa shape index (κ2) is 4.26. The fourth-order valence-corrected chi connectivity index (χ4v) is 0.669. The van der Waals surface area contributed by atoms with Gasteiger partial charge in [0.2, 0.25) is 0 Å². The van der Waals surface area contributed by atoms with E-state index in [4.69, 9.17) is 0 Å². The third-order valence-corrected chi connectivity index (χ3v) is 1.23. The molecule has 0 bridgehead atoms. The molecule has 0 aromatic heterocycles. The van der Waals surface area contributed by atoms with Crippen LogP contribution in [0.5, 0.6) is 0 Å². The Bertz CT molecular complexity index is 88.5. The van der Waals surface area contributed by atoms with Gasteiger partial charge in [0.25, 0.3) is 0 Å². The fraction of sp³-hybridized carbons (Fsp3) is 0.667. The molecule has 1 heterocycles. The fourth-order valence-electron chi connectivity index (χ4n) is 0.669. The second-order valence-corrected chi connectivity index (χ2v) is 1.93. The van der Waals surface area contributed by atoms with Crippen LogP contribution in [-0.2, 0) is 20.4 Å². The van der Waals surface area contributed by atoms with Crippen LogP contribution in [0.15, 0.2) is 11.6 Å². The third kappa shape index (κ3) is 2.62. The topological polar surface area (TPSA) is 14.1 Å². The van der Waals surface area contributed by atoms with Crippen LogP contribution in [0.25, 0.3) is 5.32 Å². The van der Waals surface area contributed by atoms with Crippen LogP contribution in [0.2, 0.25) is 0 Å². The predicted octanol–water partition coefficient (Wildman–Crippen LogP) is 1.71. The molecule has 0 saturated heterocycles. The van der Waals surface area contributed by atoms with Crippen LogP contribution in [-0.4, -0.2) is 13.1 Å². The molecule has 1 radical (unpaired) electrons. The molecule has 0 unspecified atom stereocenters. The Hall–Kier alpha value is 0.362. The quantitative estimate of drug-likeness (QED) is 0.601. The summed E-state index contributed by atoms with van der Waals surface area (Å²) in [5.74, 6) is 0. The number of rotatable bonds is 0. The van der Waals surface area contributed by atoms with E-state index in [-0.39, 0.29) is 20.4 Å². The van der Waals surface area contributed by atoms with E-state index in [1.54, 1.807) is 0 Å². The van der Waals surface area contributed by atoms with Gasteiger partial charge >= 0.3 is 0 Å². The van der Waals surface area contributed by atoms with Crippen molar-refractivity contribution in [2.45, 2.75) is 13.3 Å². The zero-order valence-electron chi connectivity index (χ0n) is 5.02. The van der Waals surface area contributed by atoms with Crippen molar-refractivity contribution in [3.63, 3.8) is 0 Å². The van der Waals surface area contributed by atoms with E-state index in [9.17, 15) is 0 Å². The average molecular weight is 282 g/mol. The minimum absolute atomic E-state index is 0. The molecule has 1 rings (SSSR count). The van der Waals surface area contributed by atoms with Crippen molar-refractivity contribution in [2.24, 2.45) is 0 Å². The van der Waals surface area contributed by atoms with E-state index in [2.05, 4.69) is 18.3 Å². The van der Waals surface area contributed by atoms with Gasteiger partial charge in [0.15, 0.2) is 0 Å². The maximum atomic E-state index is 4.15. The van der Waals surface area contributed by atoms with Gasteiger partial charge in [-0.15, -0.1) is 19.2 Å². The summed E-state index contributed by atoms with van der Waals surface area (Å²) in [6.45, 7) is 4.16. The van der Waals surface area contributed by atoms with Crippen LogP contribution in [0.4, 0.5) is 0 Å². The van der Waals surface area contributed by atoms with Gasteiger partial charge in [0.1, 0.15) is 0 Å².